The molecule has 0 amide bonds. The molecule has 0 saturated heterocycles. The van der Waals surface area contributed by atoms with Crippen molar-refractivity contribution in [3.8, 4) is 5.69 Å². The van der Waals surface area contributed by atoms with Crippen LogP contribution < -0.4 is 5.56 Å². The number of hydrogen-bond acceptors (Lipinski definition) is 3. The van der Waals surface area contributed by atoms with Crippen LogP contribution in [0.4, 0.5) is 4.39 Å². The van der Waals surface area contributed by atoms with Gasteiger partial charge in [-0.05, 0) is 12.1 Å². The summed E-state index contributed by atoms with van der Waals surface area (Å²) in [6, 6.07) is 6.35. The molecule has 1 aromatic carbocycles. The van der Waals surface area contributed by atoms with Crippen molar-refractivity contribution in [2.24, 2.45) is 0 Å². The molecule has 0 aliphatic heterocycles. The first-order chi connectivity index (χ1) is 10.1. The van der Waals surface area contributed by atoms with Gasteiger partial charge in [0.1, 0.15) is 11.6 Å². The van der Waals surface area contributed by atoms with Crippen LogP contribution in [0.3, 0.4) is 0 Å². The molecule has 0 N–H and O–H groups in total. The number of pyridine rings is 1. The van der Waals surface area contributed by atoms with E-state index in [2.05, 4.69) is 9.97 Å². The van der Waals surface area contributed by atoms with Gasteiger partial charge in [0, 0.05) is 12.5 Å². The van der Waals surface area contributed by atoms with E-state index in [4.69, 9.17) is 11.6 Å². The molecular formula is C15H11ClFN3O. The lowest BCUT2D eigenvalue weighted by molar-refractivity contribution is 0.618. The Bertz CT molecular complexity index is 892. The minimum Gasteiger partial charge on any atom is -0.268 e. The molecule has 2 heterocycles. The monoisotopic (exact) mass is 303 g/mol. The Morgan fingerprint density at radius 1 is 1.33 bits per heavy atom. The summed E-state index contributed by atoms with van der Waals surface area (Å²) in [5.41, 5.74) is 0.547. The second-order valence-electron chi connectivity index (χ2n) is 4.52. The van der Waals surface area contributed by atoms with Gasteiger partial charge >= 0.3 is 0 Å². The molecule has 0 saturated carbocycles. The van der Waals surface area contributed by atoms with Crippen molar-refractivity contribution in [2.75, 3.05) is 0 Å². The Balaban J connectivity index is 2.44. The second-order valence-corrected chi connectivity index (χ2v) is 4.92. The molecule has 0 radical (unpaired) electrons. The van der Waals surface area contributed by atoms with E-state index in [0.29, 0.717) is 33.9 Å². The van der Waals surface area contributed by atoms with Gasteiger partial charge in [0.2, 0.25) is 0 Å². The molecular weight excluding hydrogens is 293 g/mol. The zero-order chi connectivity index (χ0) is 15.0. The smallest absolute Gasteiger partial charge is 0.267 e. The summed E-state index contributed by atoms with van der Waals surface area (Å²) in [5, 5.41) is 0.645. The summed E-state index contributed by atoms with van der Waals surface area (Å²) in [6.45, 7) is 1.88. The van der Waals surface area contributed by atoms with Gasteiger partial charge in [-0.3, -0.25) is 14.3 Å². The number of rotatable bonds is 2. The molecule has 4 nitrogen and oxygen atoms in total. The van der Waals surface area contributed by atoms with Crippen molar-refractivity contribution in [1.29, 1.82) is 0 Å². The predicted molar refractivity (Wildman–Crippen MR) is 79.5 cm³/mol. The van der Waals surface area contributed by atoms with Crippen LogP contribution in [0.5, 0.6) is 0 Å². The number of aromatic nitrogens is 3. The molecule has 0 unspecified atom stereocenters. The number of fused-ring (bicyclic) bond motifs is 1. The van der Waals surface area contributed by atoms with Crippen LogP contribution in [0.15, 0.2) is 41.5 Å². The molecule has 106 valence electrons. The van der Waals surface area contributed by atoms with Gasteiger partial charge < -0.3 is 0 Å². The fraction of sp³-hybridized carbons (Fsp3) is 0.133. The third kappa shape index (κ3) is 2.29. The fourth-order valence-corrected chi connectivity index (χ4v) is 2.51. The van der Waals surface area contributed by atoms with E-state index in [0.717, 1.165) is 6.20 Å². The Hall–Kier alpha value is -2.27. The first kappa shape index (κ1) is 13.7. The maximum absolute atomic E-state index is 13.4. The SMILES string of the molecule is CCc1nc2cccc(Cl)c2c(=O)n1-c1cncc(F)c1. The number of aryl methyl sites for hydroxylation is 1. The summed E-state index contributed by atoms with van der Waals surface area (Å²) >= 11 is 6.11. The highest BCUT2D eigenvalue weighted by molar-refractivity contribution is 6.35. The maximum Gasteiger partial charge on any atom is 0.267 e. The first-order valence-corrected chi connectivity index (χ1v) is 6.80. The molecule has 6 heteroatoms. The lowest BCUT2D eigenvalue weighted by Crippen LogP contribution is -2.24. The van der Waals surface area contributed by atoms with E-state index in [1.54, 1.807) is 18.2 Å². The highest BCUT2D eigenvalue weighted by Crippen LogP contribution is 2.20. The van der Waals surface area contributed by atoms with Crippen LogP contribution >= 0.6 is 11.6 Å². The van der Waals surface area contributed by atoms with E-state index >= 15 is 0 Å². The van der Waals surface area contributed by atoms with E-state index in [9.17, 15) is 9.18 Å². The van der Waals surface area contributed by atoms with Crippen molar-refractivity contribution >= 4 is 22.5 Å². The van der Waals surface area contributed by atoms with E-state index in [1.807, 2.05) is 6.92 Å². The number of hydrogen-bond donors (Lipinski definition) is 0. The number of halogens is 2. The van der Waals surface area contributed by atoms with Crippen molar-refractivity contribution < 1.29 is 4.39 Å². The van der Waals surface area contributed by atoms with Gasteiger partial charge in [-0.1, -0.05) is 24.6 Å². The standard InChI is InChI=1S/C15H11ClFN3O/c1-2-13-19-12-5-3-4-11(16)14(12)15(21)20(13)10-6-9(17)7-18-8-10/h3-8H,2H2,1H3. The van der Waals surface area contributed by atoms with Crippen LogP contribution in [-0.4, -0.2) is 14.5 Å². The van der Waals surface area contributed by atoms with E-state index in [-0.39, 0.29) is 5.56 Å². The van der Waals surface area contributed by atoms with Gasteiger partial charge in [-0.2, -0.15) is 0 Å². The zero-order valence-corrected chi connectivity index (χ0v) is 11.9. The van der Waals surface area contributed by atoms with Gasteiger partial charge in [0.05, 0.1) is 34.0 Å². The quantitative estimate of drug-likeness (QED) is 0.731. The molecule has 0 bridgehead atoms. The third-order valence-corrected chi connectivity index (χ3v) is 3.50. The summed E-state index contributed by atoms with van der Waals surface area (Å²) in [6.07, 6.45) is 3.03. The number of benzene rings is 1. The molecule has 0 atom stereocenters. The first-order valence-electron chi connectivity index (χ1n) is 6.43. The third-order valence-electron chi connectivity index (χ3n) is 3.18. The van der Waals surface area contributed by atoms with Crippen molar-refractivity contribution in [3.05, 3.63) is 63.7 Å². The van der Waals surface area contributed by atoms with Crippen molar-refractivity contribution in [3.63, 3.8) is 0 Å². The minimum atomic E-state index is -0.513. The normalized spacial score (nSPS) is 11.0. The molecule has 0 fully saturated rings. The molecule has 0 aliphatic carbocycles. The van der Waals surface area contributed by atoms with Gasteiger partial charge in [0.15, 0.2) is 0 Å². The van der Waals surface area contributed by atoms with Crippen LogP contribution in [-0.2, 0) is 6.42 Å². The Morgan fingerprint density at radius 2 is 2.14 bits per heavy atom. The zero-order valence-electron chi connectivity index (χ0n) is 11.2. The topological polar surface area (TPSA) is 47.8 Å². The van der Waals surface area contributed by atoms with Crippen molar-refractivity contribution in [1.82, 2.24) is 14.5 Å². The van der Waals surface area contributed by atoms with E-state index < -0.39 is 5.82 Å². The highest BCUT2D eigenvalue weighted by Gasteiger charge is 2.14. The molecule has 2 aromatic heterocycles. The van der Waals surface area contributed by atoms with Crippen LogP contribution in [0.25, 0.3) is 16.6 Å². The summed E-state index contributed by atoms with van der Waals surface area (Å²) < 4.78 is 14.7. The minimum absolute atomic E-state index is 0.320. The largest absolute Gasteiger partial charge is 0.268 e. The molecule has 0 aliphatic rings. The lowest BCUT2D eigenvalue weighted by atomic mass is 10.2. The predicted octanol–water partition coefficient (Wildman–Crippen LogP) is 3.14. The maximum atomic E-state index is 13.4. The highest BCUT2D eigenvalue weighted by atomic mass is 35.5. The Morgan fingerprint density at radius 3 is 2.86 bits per heavy atom. The van der Waals surface area contributed by atoms with Crippen LogP contribution in [0.2, 0.25) is 5.02 Å². The number of nitrogens with zero attached hydrogens (tertiary/aromatic N) is 3. The van der Waals surface area contributed by atoms with Gasteiger partial charge in [-0.25, -0.2) is 9.37 Å². The molecule has 3 aromatic rings. The lowest BCUT2D eigenvalue weighted by Gasteiger charge is -2.12. The van der Waals surface area contributed by atoms with Crippen molar-refractivity contribution in [2.45, 2.75) is 13.3 Å². The van der Waals surface area contributed by atoms with E-state index in [1.165, 1.54) is 16.8 Å². The molecule has 21 heavy (non-hydrogen) atoms. The Labute approximate surface area is 124 Å². The summed E-state index contributed by atoms with van der Waals surface area (Å²) in [4.78, 5) is 21.0. The fourth-order valence-electron chi connectivity index (χ4n) is 2.26. The molecule has 0 spiro atoms. The van der Waals surface area contributed by atoms with Crippen LogP contribution in [0.1, 0.15) is 12.7 Å². The summed E-state index contributed by atoms with van der Waals surface area (Å²) in [7, 11) is 0. The van der Waals surface area contributed by atoms with Gasteiger partial charge in [0.25, 0.3) is 5.56 Å². The average Bonchev–Trinajstić information content (AvgIpc) is 2.46. The molecule has 3 rings (SSSR count). The average molecular weight is 304 g/mol. The van der Waals surface area contributed by atoms with Crippen LogP contribution in [0, 0.1) is 5.82 Å². The second kappa shape index (κ2) is 5.26. The summed E-state index contributed by atoms with van der Waals surface area (Å²) in [5.74, 6) is 0.0166. The van der Waals surface area contributed by atoms with Gasteiger partial charge in [-0.15, -0.1) is 0 Å². The Kier molecular flexibility index (Phi) is 3.43.